The molecule has 0 aromatic heterocycles. The van der Waals surface area contributed by atoms with E-state index in [1.807, 2.05) is 55.5 Å². The molecule has 1 aliphatic carbocycles. The van der Waals surface area contributed by atoms with E-state index >= 15 is 0 Å². The molecule has 7 rings (SSSR count). The van der Waals surface area contributed by atoms with Crippen LogP contribution in [0.15, 0.2) is 146 Å². The van der Waals surface area contributed by atoms with Crippen LogP contribution >= 0.6 is 0 Å². The molecule has 2 N–H and O–H groups in total. The molecule has 6 aromatic rings. The molecule has 2 atom stereocenters. The number of hydrogen-bond acceptors (Lipinski definition) is 6. The summed E-state index contributed by atoms with van der Waals surface area (Å²) in [5, 5.41) is 21.6. The molecule has 0 saturated heterocycles. The Bertz CT molecular complexity index is 2190. The maximum atomic E-state index is 11.3. The molecule has 6 nitrogen and oxygen atoms in total. The first kappa shape index (κ1) is 38.7. The van der Waals surface area contributed by atoms with Gasteiger partial charge in [0, 0.05) is 5.41 Å². The fourth-order valence-electron chi connectivity index (χ4n) is 7.63. The number of aliphatic hydroxyl groups is 2. The summed E-state index contributed by atoms with van der Waals surface area (Å²) in [6.07, 6.45) is 0.623. The van der Waals surface area contributed by atoms with Crippen LogP contribution in [-0.2, 0) is 10.8 Å². The Kier molecular flexibility index (Phi) is 10.7. The molecular weight excluding hydrogens is 697 g/mol. The molecule has 0 aliphatic heterocycles. The number of benzene rings is 6. The molecule has 2 unspecified atom stereocenters. The summed E-state index contributed by atoms with van der Waals surface area (Å²) in [6.45, 7) is 10.2. The molecule has 6 aromatic carbocycles. The van der Waals surface area contributed by atoms with Gasteiger partial charge < -0.3 is 29.2 Å². The van der Waals surface area contributed by atoms with Crippen molar-refractivity contribution in [2.24, 2.45) is 0 Å². The number of ether oxygens (including phenoxy) is 4. The lowest BCUT2D eigenvalue weighted by Gasteiger charge is -2.34. The van der Waals surface area contributed by atoms with E-state index in [9.17, 15) is 10.2 Å². The van der Waals surface area contributed by atoms with Gasteiger partial charge >= 0.3 is 0 Å². The van der Waals surface area contributed by atoms with Crippen molar-refractivity contribution in [3.8, 4) is 34.1 Å². The van der Waals surface area contributed by atoms with Crippen LogP contribution in [-0.4, -0.2) is 48.3 Å². The monoisotopic (exact) mass is 748 g/mol. The molecule has 1 aliphatic rings. The van der Waals surface area contributed by atoms with Gasteiger partial charge in [-0.1, -0.05) is 118 Å². The molecule has 6 heteroatoms. The first-order valence-electron chi connectivity index (χ1n) is 19.3. The molecule has 0 bridgehead atoms. The summed E-state index contributed by atoms with van der Waals surface area (Å²) in [4.78, 5) is 0. The first-order valence-corrected chi connectivity index (χ1v) is 19.3. The van der Waals surface area contributed by atoms with E-state index in [1.54, 1.807) is 21.0 Å². The largest absolute Gasteiger partial charge is 0.497 e. The van der Waals surface area contributed by atoms with Crippen molar-refractivity contribution in [1.29, 1.82) is 0 Å². The van der Waals surface area contributed by atoms with Crippen LogP contribution in [0, 0.1) is 0 Å². The van der Waals surface area contributed by atoms with Crippen molar-refractivity contribution in [3.63, 3.8) is 0 Å². The number of rotatable bonds is 15. The first-order chi connectivity index (χ1) is 26.9. The number of hydrogen-bond donors (Lipinski definition) is 2. The smallest absolute Gasteiger partial charge is 0.130 e. The second-order valence-electron chi connectivity index (χ2n) is 16.0. The van der Waals surface area contributed by atoms with Gasteiger partial charge in [0.2, 0.25) is 0 Å². The van der Waals surface area contributed by atoms with Gasteiger partial charge in [-0.3, -0.25) is 0 Å². The van der Waals surface area contributed by atoms with Crippen molar-refractivity contribution in [2.75, 3.05) is 26.9 Å². The van der Waals surface area contributed by atoms with E-state index in [1.165, 1.54) is 22.3 Å². The van der Waals surface area contributed by atoms with Gasteiger partial charge in [0.25, 0.3) is 0 Å². The zero-order valence-electron chi connectivity index (χ0n) is 33.2. The molecule has 56 heavy (non-hydrogen) atoms. The second kappa shape index (κ2) is 15.5. The minimum absolute atomic E-state index is 0.0580. The summed E-state index contributed by atoms with van der Waals surface area (Å²) < 4.78 is 23.6. The van der Waals surface area contributed by atoms with Crippen LogP contribution in [0.2, 0.25) is 0 Å². The molecule has 0 heterocycles. The highest BCUT2D eigenvalue weighted by Crippen LogP contribution is 2.56. The van der Waals surface area contributed by atoms with Crippen LogP contribution in [0.5, 0.6) is 23.0 Å². The molecule has 0 radical (unpaired) electrons. The van der Waals surface area contributed by atoms with Crippen LogP contribution in [0.25, 0.3) is 11.1 Å². The summed E-state index contributed by atoms with van der Waals surface area (Å²) in [5.41, 5.74) is 6.58. The van der Waals surface area contributed by atoms with Crippen molar-refractivity contribution < 1.29 is 29.2 Å². The second-order valence-corrected chi connectivity index (χ2v) is 16.0. The third-order valence-corrected chi connectivity index (χ3v) is 11.3. The number of methoxy groups -OCH3 is 1. The van der Waals surface area contributed by atoms with E-state index in [0.29, 0.717) is 17.9 Å². The quantitative estimate of drug-likeness (QED) is 0.109. The summed E-state index contributed by atoms with van der Waals surface area (Å²) in [5.74, 6) is 2.88. The molecule has 288 valence electrons. The van der Waals surface area contributed by atoms with Gasteiger partial charge in [0.15, 0.2) is 0 Å². The van der Waals surface area contributed by atoms with Crippen molar-refractivity contribution in [3.05, 3.63) is 179 Å². The highest BCUT2D eigenvalue weighted by Gasteiger charge is 2.46. The lowest BCUT2D eigenvalue weighted by atomic mass is 9.68. The van der Waals surface area contributed by atoms with E-state index in [4.69, 9.17) is 18.9 Å². The molecule has 0 spiro atoms. The van der Waals surface area contributed by atoms with Crippen LogP contribution in [0.1, 0.15) is 74.4 Å². The van der Waals surface area contributed by atoms with E-state index in [2.05, 4.69) is 111 Å². The van der Waals surface area contributed by atoms with E-state index in [0.717, 1.165) is 33.8 Å². The Morgan fingerprint density at radius 1 is 0.464 bits per heavy atom. The van der Waals surface area contributed by atoms with Crippen molar-refractivity contribution in [2.45, 2.75) is 63.1 Å². The van der Waals surface area contributed by atoms with Crippen molar-refractivity contribution in [1.82, 2.24) is 0 Å². The third kappa shape index (κ3) is 7.64. The molecule has 0 saturated carbocycles. The van der Waals surface area contributed by atoms with Gasteiger partial charge in [-0.25, -0.2) is 0 Å². The third-order valence-electron chi connectivity index (χ3n) is 11.3. The van der Waals surface area contributed by atoms with E-state index in [-0.39, 0.29) is 25.2 Å². The summed E-state index contributed by atoms with van der Waals surface area (Å²) in [6, 6.07) is 49.9. The van der Waals surface area contributed by atoms with Gasteiger partial charge in [-0.2, -0.15) is 0 Å². The normalized spacial score (nSPS) is 15.1. The predicted molar refractivity (Wildman–Crippen MR) is 223 cm³/mol. The Balaban J connectivity index is 1.01. The Morgan fingerprint density at radius 3 is 1.21 bits per heavy atom. The fraction of sp³-hybridized carbons (Fsp3) is 0.280. The van der Waals surface area contributed by atoms with Crippen LogP contribution < -0.4 is 18.9 Å². The number of fused-ring (bicyclic) bond motifs is 3. The summed E-state index contributed by atoms with van der Waals surface area (Å²) in [7, 11) is 1.69. The SMILES string of the molecule is CCC(C)(O)COc1ccc(C(C)(C)c2ccc(OCC(C)(O)COc3ccc(C4(c5ccc(OC)cc5)c5ccccc5-c5ccccc54)cc3)cc2)cc1. The van der Waals surface area contributed by atoms with E-state index < -0.39 is 16.6 Å². The zero-order valence-corrected chi connectivity index (χ0v) is 33.2. The van der Waals surface area contributed by atoms with Crippen molar-refractivity contribution >= 4 is 0 Å². The maximum Gasteiger partial charge on any atom is 0.130 e. The minimum Gasteiger partial charge on any atom is -0.497 e. The highest BCUT2D eigenvalue weighted by molar-refractivity contribution is 5.86. The fourth-order valence-corrected chi connectivity index (χ4v) is 7.63. The molecule has 0 amide bonds. The van der Waals surface area contributed by atoms with Gasteiger partial charge in [0.1, 0.15) is 48.4 Å². The Hall–Kier alpha value is -5.56. The van der Waals surface area contributed by atoms with Gasteiger partial charge in [0.05, 0.1) is 18.1 Å². The Morgan fingerprint density at radius 2 is 0.821 bits per heavy atom. The van der Waals surface area contributed by atoms with Gasteiger partial charge in [-0.15, -0.1) is 0 Å². The summed E-state index contributed by atoms with van der Waals surface area (Å²) >= 11 is 0. The average Bonchev–Trinajstić information content (AvgIpc) is 3.53. The average molecular weight is 749 g/mol. The highest BCUT2D eigenvalue weighted by atomic mass is 16.5. The van der Waals surface area contributed by atoms with Gasteiger partial charge in [-0.05, 0) is 113 Å². The van der Waals surface area contributed by atoms with Crippen LogP contribution in [0.4, 0.5) is 0 Å². The zero-order chi connectivity index (χ0) is 39.6. The maximum absolute atomic E-state index is 11.3. The minimum atomic E-state index is -1.24. The molecule has 0 fully saturated rings. The molecular formula is C50H52O6. The lowest BCUT2D eigenvalue weighted by molar-refractivity contribution is -0.0247. The lowest BCUT2D eigenvalue weighted by Crippen LogP contribution is -2.38. The standard InChI is InChI=1S/C50H52O6/c1-7-48(4,51)32-54-40-26-16-35(17-27-40)47(2,3)36-18-28-41(29-19-36)55-33-49(5,52)34-56-42-30-22-38(23-31-42)50(37-20-24-39(53-6)25-21-37)45-14-10-8-12-43(45)44-13-9-11-15-46(44)50/h8-31,51-52H,7,32-34H2,1-6H3. The predicted octanol–water partition coefficient (Wildman–Crippen LogP) is 10.1. The van der Waals surface area contributed by atoms with Crippen LogP contribution in [0.3, 0.4) is 0 Å². The Labute approximate surface area is 331 Å². The topological polar surface area (TPSA) is 77.4 Å².